The minimum absolute atomic E-state index is 0.292. The second kappa shape index (κ2) is 4.79. The first-order valence-corrected chi connectivity index (χ1v) is 4.45. The van der Waals surface area contributed by atoms with Gasteiger partial charge in [-0.1, -0.05) is 24.8 Å². The third-order valence-electron chi connectivity index (χ3n) is 1.88. The molecule has 0 atom stereocenters. The molecule has 0 aromatic heterocycles. The lowest BCUT2D eigenvalue weighted by Crippen LogP contribution is -2.03. The molecule has 0 aliphatic rings. The molecule has 0 aliphatic carbocycles. The van der Waals surface area contributed by atoms with Gasteiger partial charge in [-0.25, -0.2) is 0 Å². The number of rotatable bonds is 3. The monoisotopic (exact) mass is 226 g/mol. The number of halogens is 3. The summed E-state index contributed by atoms with van der Waals surface area (Å²) < 4.78 is 36.6. The van der Waals surface area contributed by atoms with Gasteiger partial charge < -0.3 is 0 Å². The minimum atomic E-state index is -4.33. The van der Waals surface area contributed by atoms with Gasteiger partial charge in [0.25, 0.3) is 0 Å². The summed E-state index contributed by atoms with van der Waals surface area (Å²) in [5, 5.41) is 0. The fourth-order valence-corrected chi connectivity index (χ4v) is 1.03. The Morgan fingerprint density at radius 3 is 2.19 bits per heavy atom. The van der Waals surface area contributed by atoms with Crippen molar-refractivity contribution in [2.24, 2.45) is 0 Å². The Bertz CT molecular complexity index is 413. The Balaban J connectivity index is 2.84. The molecular weight excluding hydrogens is 217 g/mol. The van der Waals surface area contributed by atoms with Crippen molar-refractivity contribution in [1.29, 1.82) is 0 Å². The summed E-state index contributed by atoms with van der Waals surface area (Å²) >= 11 is 0. The molecule has 0 spiro atoms. The smallest absolute Gasteiger partial charge is 0.290 e. The first-order valence-electron chi connectivity index (χ1n) is 4.45. The van der Waals surface area contributed by atoms with E-state index < -0.39 is 11.7 Å². The molecule has 16 heavy (non-hydrogen) atoms. The van der Waals surface area contributed by atoms with Crippen molar-refractivity contribution in [3.63, 3.8) is 0 Å². The van der Waals surface area contributed by atoms with Crippen LogP contribution in [-0.4, -0.2) is 5.78 Å². The molecule has 0 N–H and O–H groups in total. The molecule has 0 amide bonds. The number of hydrogen-bond donors (Lipinski definition) is 0. The van der Waals surface area contributed by atoms with Gasteiger partial charge in [0, 0.05) is 0 Å². The van der Waals surface area contributed by atoms with Crippen LogP contribution < -0.4 is 0 Å². The van der Waals surface area contributed by atoms with Crippen molar-refractivity contribution >= 4 is 11.9 Å². The fourth-order valence-electron chi connectivity index (χ4n) is 1.03. The van der Waals surface area contributed by atoms with Crippen LogP contribution in [0, 0.1) is 0 Å². The van der Waals surface area contributed by atoms with Crippen molar-refractivity contribution in [2.45, 2.75) is 6.18 Å². The molecule has 84 valence electrons. The van der Waals surface area contributed by atoms with E-state index >= 15 is 0 Å². The molecule has 0 aliphatic heterocycles. The second-order valence-electron chi connectivity index (χ2n) is 3.06. The predicted molar refractivity (Wildman–Crippen MR) is 55.7 cm³/mol. The first-order chi connectivity index (χ1) is 7.43. The number of hydrogen-bond acceptors (Lipinski definition) is 1. The summed E-state index contributed by atoms with van der Waals surface area (Å²) in [5.74, 6) is -0.292. The van der Waals surface area contributed by atoms with Crippen LogP contribution in [-0.2, 0) is 11.0 Å². The Morgan fingerprint density at radius 1 is 1.19 bits per heavy atom. The Labute approximate surface area is 90.9 Å². The zero-order valence-electron chi connectivity index (χ0n) is 8.29. The lowest BCUT2D eigenvalue weighted by Gasteiger charge is -2.05. The van der Waals surface area contributed by atoms with Gasteiger partial charge >= 0.3 is 6.18 Å². The van der Waals surface area contributed by atoms with Crippen LogP contribution in [0.5, 0.6) is 0 Å². The molecule has 0 fully saturated rings. The summed E-state index contributed by atoms with van der Waals surface area (Å²) in [6.07, 6.45) is -0.528. The van der Waals surface area contributed by atoms with E-state index in [4.69, 9.17) is 0 Å². The number of allylic oxidation sites excluding steroid dienone is 2. The lowest BCUT2D eigenvalue weighted by atomic mass is 10.1. The highest BCUT2D eigenvalue weighted by atomic mass is 19.4. The summed E-state index contributed by atoms with van der Waals surface area (Å²) in [6, 6.07) is 4.54. The van der Waals surface area contributed by atoms with Crippen molar-refractivity contribution in [3.8, 4) is 0 Å². The van der Waals surface area contributed by atoms with Crippen molar-refractivity contribution in [1.82, 2.24) is 0 Å². The second-order valence-corrected chi connectivity index (χ2v) is 3.06. The largest absolute Gasteiger partial charge is 0.416 e. The third kappa shape index (κ3) is 3.38. The summed E-state index contributed by atoms with van der Waals surface area (Å²) in [7, 11) is 0. The van der Waals surface area contributed by atoms with E-state index in [-0.39, 0.29) is 5.78 Å². The summed E-state index contributed by atoms with van der Waals surface area (Å²) in [6.45, 7) is 3.27. The number of alkyl halides is 3. The highest BCUT2D eigenvalue weighted by Crippen LogP contribution is 2.29. The van der Waals surface area contributed by atoms with Crippen LogP contribution in [0.3, 0.4) is 0 Å². The molecule has 0 saturated carbocycles. The van der Waals surface area contributed by atoms with Crippen LogP contribution in [0.2, 0.25) is 0 Å². The van der Waals surface area contributed by atoms with E-state index in [9.17, 15) is 18.0 Å². The van der Waals surface area contributed by atoms with Crippen LogP contribution in [0.15, 0.2) is 43.0 Å². The number of carbonyl (C=O) groups is 1. The van der Waals surface area contributed by atoms with Gasteiger partial charge in [0.05, 0.1) is 5.56 Å². The fraction of sp³-hybridized carbons (Fsp3) is 0.0833. The third-order valence-corrected chi connectivity index (χ3v) is 1.88. The minimum Gasteiger partial charge on any atom is -0.290 e. The van der Waals surface area contributed by atoms with E-state index in [1.165, 1.54) is 24.3 Å². The zero-order valence-corrected chi connectivity index (χ0v) is 8.29. The molecule has 4 heteroatoms. The molecule has 0 heterocycles. The predicted octanol–water partition coefficient (Wildman–Crippen LogP) is 3.47. The number of benzene rings is 1. The van der Waals surface area contributed by atoms with Gasteiger partial charge in [0.2, 0.25) is 0 Å². The van der Waals surface area contributed by atoms with Gasteiger partial charge in [-0.3, -0.25) is 4.79 Å². The van der Waals surface area contributed by atoms with Crippen molar-refractivity contribution < 1.29 is 18.0 Å². The molecule has 1 nitrogen and oxygen atoms in total. The van der Waals surface area contributed by atoms with Gasteiger partial charge in [-0.15, -0.1) is 0 Å². The Morgan fingerprint density at radius 2 is 1.75 bits per heavy atom. The first kappa shape index (κ1) is 12.2. The maximum absolute atomic E-state index is 12.2. The molecule has 0 unspecified atom stereocenters. The molecular formula is C12H9F3O. The Hall–Kier alpha value is -1.84. The molecule has 1 rings (SSSR count). The lowest BCUT2D eigenvalue weighted by molar-refractivity contribution is -0.137. The normalized spacial score (nSPS) is 11.7. The van der Waals surface area contributed by atoms with Gasteiger partial charge in [-0.2, -0.15) is 13.2 Å². The zero-order chi connectivity index (χ0) is 12.2. The molecule has 0 radical (unpaired) electrons. The van der Waals surface area contributed by atoms with Crippen LogP contribution >= 0.6 is 0 Å². The van der Waals surface area contributed by atoms with Gasteiger partial charge in [0.15, 0.2) is 5.78 Å². The quantitative estimate of drug-likeness (QED) is 0.721. The highest BCUT2D eigenvalue weighted by molar-refractivity contribution is 6.01. The van der Waals surface area contributed by atoms with Crippen molar-refractivity contribution in [3.05, 3.63) is 54.1 Å². The van der Waals surface area contributed by atoms with Crippen LogP contribution in [0.4, 0.5) is 13.2 Å². The van der Waals surface area contributed by atoms with Crippen LogP contribution in [0.25, 0.3) is 6.08 Å². The average molecular weight is 226 g/mol. The van der Waals surface area contributed by atoms with E-state index in [0.717, 1.165) is 18.2 Å². The number of carbonyl (C=O) groups excluding carboxylic acids is 1. The van der Waals surface area contributed by atoms with Gasteiger partial charge in [0.1, 0.15) is 0 Å². The average Bonchev–Trinajstić information content (AvgIpc) is 2.25. The Kier molecular flexibility index (Phi) is 3.66. The topological polar surface area (TPSA) is 17.1 Å². The van der Waals surface area contributed by atoms with Gasteiger partial charge in [-0.05, 0) is 29.8 Å². The van der Waals surface area contributed by atoms with Crippen LogP contribution in [0.1, 0.15) is 11.1 Å². The van der Waals surface area contributed by atoms with Crippen molar-refractivity contribution in [2.75, 3.05) is 0 Å². The van der Waals surface area contributed by atoms with E-state index in [1.807, 2.05) is 0 Å². The standard InChI is InChI=1S/C12H9F3O/c1-2-11(16)8-5-9-3-6-10(7-4-9)12(13,14)15/h2-8H,1H2. The molecule has 1 aromatic rings. The summed E-state index contributed by atoms with van der Waals surface area (Å²) in [5.41, 5.74) is -0.178. The molecule has 0 saturated heterocycles. The van der Waals surface area contributed by atoms with E-state index in [2.05, 4.69) is 6.58 Å². The highest BCUT2D eigenvalue weighted by Gasteiger charge is 2.29. The SMILES string of the molecule is C=CC(=O)C=Cc1ccc(C(F)(F)F)cc1. The maximum atomic E-state index is 12.2. The van der Waals surface area contributed by atoms with E-state index in [0.29, 0.717) is 5.56 Å². The summed E-state index contributed by atoms with van der Waals surface area (Å²) in [4.78, 5) is 10.8. The molecule has 1 aromatic carbocycles. The van der Waals surface area contributed by atoms with E-state index in [1.54, 1.807) is 0 Å². The number of ketones is 1. The maximum Gasteiger partial charge on any atom is 0.416 e. The molecule has 0 bridgehead atoms.